The van der Waals surface area contributed by atoms with E-state index in [1.807, 2.05) is 0 Å². The minimum Gasteiger partial charge on any atom is -0.441 e. The summed E-state index contributed by atoms with van der Waals surface area (Å²) in [4.78, 5) is 22.2. The summed E-state index contributed by atoms with van der Waals surface area (Å²) in [5.74, 6) is -5.39. The van der Waals surface area contributed by atoms with Crippen molar-refractivity contribution in [1.29, 1.82) is 0 Å². The van der Waals surface area contributed by atoms with Crippen LogP contribution < -0.4 is 0 Å². The van der Waals surface area contributed by atoms with Crippen LogP contribution in [0.1, 0.15) is 25.7 Å². The molecule has 1 aliphatic carbocycles. The maximum Gasteiger partial charge on any atom is 0.434 e. The summed E-state index contributed by atoms with van der Waals surface area (Å²) < 4.78 is 119. The largest absolute Gasteiger partial charge is 0.441 e. The van der Waals surface area contributed by atoms with E-state index >= 15 is 0 Å². The Labute approximate surface area is 127 Å². The summed E-state index contributed by atoms with van der Waals surface area (Å²) in [7, 11) is 0. The number of alkyl halides is 9. The Morgan fingerprint density at radius 2 is 1.21 bits per heavy atom. The van der Waals surface area contributed by atoms with Crippen LogP contribution in [-0.4, -0.2) is 42.2 Å². The summed E-state index contributed by atoms with van der Waals surface area (Å²) in [6.07, 6.45) is -23.7. The molecule has 0 aromatic heterocycles. The normalized spacial score (nSPS) is 18.6. The molecule has 0 aliphatic heterocycles. The molecule has 0 amide bonds. The molecule has 0 unspecified atom stereocenters. The van der Waals surface area contributed by atoms with Crippen molar-refractivity contribution in [1.82, 2.24) is 0 Å². The minimum atomic E-state index is -6.11. The van der Waals surface area contributed by atoms with Crippen molar-refractivity contribution in [3.8, 4) is 0 Å². The van der Waals surface area contributed by atoms with Crippen molar-refractivity contribution in [2.45, 2.75) is 55.9 Å². The molecule has 1 aliphatic rings. The maximum absolute atomic E-state index is 12.9. The molecule has 0 radical (unpaired) electrons. The Bertz CT molecular complexity index is 471. The highest BCUT2D eigenvalue weighted by molar-refractivity contribution is 6.29. The van der Waals surface area contributed by atoms with Crippen molar-refractivity contribution >= 4 is 11.9 Å². The highest BCUT2D eigenvalue weighted by atomic mass is 19.4. The van der Waals surface area contributed by atoms with Crippen molar-refractivity contribution in [3.05, 3.63) is 0 Å². The number of hydrogen-bond acceptors (Lipinski definition) is 4. The van der Waals surface area contributed by atoms with Crippen molar-refractivity contribution < 1.29 is 58.6 Å². The zero-order valence-electron chi connectivity index (χ0n) is 11.4. The van der Waals surface area contributed by atoms with E-state index in [-0.39, 0.29) is 12.8 Å². The number of halogens is 9. The van der Waals surface area contributed by atoms with E-state index in [2.05, 4.69) is 9.47 Å². The maximum atomic E-state index is 12.9. The van der Waals surface area contributed by atoms with Gasteiger partial charge in [-0.25, -0.2) is 9.59 Å². The zero-order chi connectivity index (χ0) is 19.0. The molecule has 0 bridgehead atoms. The summed E-state index contributed by atoms with van der Waals surface area (Å²) in [6.45, 7) is 0. The van der Waals surface area contributed by atoms with Gasteiger partial charge in [0.1, 0.15) is 0 Å². The van der Waals surface area contributed by atoms with Gasteiger partial charge in [-0.1, -0.05) is 0 Å². The van der Waals surface area contributed by atoms with E-state index in [0.717, 1.165) is 0 Å². The van der Waals surface area contributed by atoms with Gasteiger partial charge in [0.15, 0.2) is 0 Å². The van der Waals surface area contributed by atoms with Crippen LogP contribution in [0.25, 0.3) is 0 Å². The number of carbonyl (C=O) groups is 2. The molecule has 0 aromatic rings. The topological polar surface area (TPSA) is 52.6 Å². The summed E-state index contributed by atoms with van der Waals surface area (Å²) in [6, 6.07) is 0. The second kappa shape index (κ2) is 6.31. The molecular weight excluding hydrogens is 367 g/mol. The van der Waals surface area contributed by atoms with Gasteiger partial charge < -0.3 is 9.47 Å². The van der Waals surface area contributed by atoms with E-state index in [9.17, 15) is 49.1 Å². The average molecular weight is 376 g/mol. The van der Waals surface area contributed by atoms with Crippen LogP contribution in [0.15, 0.2) is 0 Å². The highest BCUT2D eigenvalue weighted by Crippen LogP contribution is 2.46. The number of esters is 2. The molecular formula is C11H9F9O4. The molecule has 13 heteroatoms. The molecule has 1 fully saturated rings. The fraction of sp³-hybridized carbons (Fsp3) is 0.818. The lowest BCUT2D eigenvalue weighted by Crippen LogP contribution is -2.50. The Morgan fingerprint density at radius 3 is 1.54 bits per heavy atom. The minimum absolute atomic E-state index is 0.0600. The first-order chi connectivity index (χ1) is 10.6. The Balaban J connectivity index is 2.89. The van der Waals surface area contributed by atoms with Crippen LogP contribution in [0, 0.1) is 0 Å². The van der Waals surface area contributed by atoms with Gasteiger partial charge in [0.25, 0.3) is 6.10 Å². The van der Waals surface area contributed by atoms with E-state index < -0.39 is 55.0 Å². The molecule has 0 N–H and O–H groups in total. The van der Waals surface area contributed by atoms with Gasteiger partial charge >= 0.3 is 30.5 Å². The molecule has 1 rings (SSSR count). The van der Waals surface area contributed by atoms with E-state index in [1.54, 1.807) is 0 Å². The predicted octanol–water partition coefficient (Wildman–Crippen LogP) is 3.44. The first kappa shape index (κ1) is 20.4. The monoisotopic (exact) mass is 376 g/mol. The lowest BCUT2D eigenvalue weighted by atomic mass is 10.0. The van der Waals surface area contributed by atoms with Gasteiger partial charge in [-0.3, -0.25) is 0 Å². The molecule has 0 heterocycles. The fourth-order valence-corrected chi connectivity index (χ4v) is 2.08. The third kappa shape index (κ3) is 4.44. The van der Waals surface area contributed by atoms with Gasteiger partial charge in [-0.15, -0.1) is 0 Å². The molecule has 140 valence electrons. The highest BCUT2D eigenvalue weighted by Gasteiger charge is 2.62. The molecule has 0 aromatic carbocycles. The van der Waals surface area contributed by atoms with Crippen molar-refractivity contribution in [2.75, 3.05) is 0 Å². The fourth-order valence-electron chi connectivity index (χ4n) is 2.08. The van der Waals surface area contributed by atoms with Crippen LogP contribution >= 0.6 is 0 Å². The lowest BCUT2D eigenvalue weighted by Gasteiger charge is -2.31. The van der Waals surface area contributed by atoms with Gasteiger partial charge in [0, 0.05) is 0 Å². The van der Waals surface area contributed by atoms with Crippen LogP contribution in [-0.2, 0) is 19.1 Å². The Morgan fingerprint density at radius 1 is 0.792 bits per heavy atom. The van der Waals surface area contributed by atoms with Gasteiger partial charge in [0.05, 0.1) is 0 Å². The lowest BCUT2D eigenvalue weighted by molar-refractivity contribution is -0.314. The summed E-state index contributed by atoms with van der Waals surface area (Å²) in [5, 5.41) is 0. The SMILES string of the molecule is O=C(OC(C(F)(F)F)C(F)(F)F)C(=O)OC1(C(F)(F)F)CCCC1. The molecule has 0 spiro atoms. The Kier molecular flexibility index (Phi) is 5.36. The van der Waals surface area contributed by atoms with E-state index in [4.69, 9.17) is 0 Å². The second-order valence-electron chi connectivity index (χ2n) is 4.96. The number of ether oxygens (including phenoxy) is 2. The molecule has 1 saturated carbocycles. The number of rotatable bonds is 2. The number of carbonyl (C=O) groups excluding carboxylic acids is 2. The van der Waals surface area contributed by atoms with Crippen LogP contribution in [0.4, 0.5) is 39.5 Å². The smallest absolute Gasteiger partial charge is 0.434 e. The van der Waals surface area contributed by atoms with Gasteiger partial charge in [-0.2, -0.15) is 39.5 Å². The molecule has 24 heavy (non-hydrogen) atoms. The summed E-state index contributed by atoms with van der Waals surface area (Å²) in [5.41, 5.74) is -3.13. The van der Waals surface area contributed by atoms with E-state index in [0.29, 0.717) is 0 Å². The average Bonchev–Trinajstić information content (AvgIpc) is 2.81. The first-order valence-corrected chi connectivity index (χ1v) is 6.24. The summed E-state index contributed by atoms with van der Waals surface area (Å²) >= 11 is 0. The van der Waals surface area contributed by atoms with Crippen LogP contribution in [0.5, 0.6) is 0 Å². The third-order valence-corrected chi connectivity index (χ3v) is 3.20. The molecule has 0 atom stereocenters. The van der Waals surface area contributed by atoms with E-state index in [1.165, 1.54) is 0 Å². The molecule has 4 nitrogen and oxygen atoms in total. The van der Waals surface area contributed by atoms with Crippen molar-refractivity contribution in [3.63, 3.8) is 0 Å². The van der Waals surface area contributed by atoms with Crippen LogP contribution in [0.3, 0.4) is 0 Å². The van der Waals surface area contributed by atoms with Crippen molar-refractivity contribution in [2.24, 2.45) is 0 Å². The third-order valence-electron chi connectivity index (χ3n) is 3.20. The standard InChI is InChI=1S/C11H9F9O4/c12-9(13,14)7(10(15,16)17)23-5(21)6(22)24-8(11(18,19)20)3-1-2-4-8/h7H,1-4H2. The first-order valence-electron chi connectivity index (χ1n) is 6.24. The number of hydrogen-bond donors (Lipinski definition) is 0. The van der Waals surface area contributed by atoms with Gasteiger partial charge in [0.2, 0.25) is 5.60 Å². The second-order valence-corrected chi connectivity index (χ2v) is 4.96. The van der Waals surface area contributed by atoms with Crippen LogP contribution in [0.2, 0.25) is 0 Å². The Hall–Kier alpha value is -1.69. The quantitative estimate of drug-likeness (QED) is 0.421. The molecule has 0 saturated heterocycles. The zero-order valence-corrected chi connectivity index (χ0v) is 11.4. The predicted molar refractivity (Wildman–Crippen MR) is 55.3 cm³/mol. The van der Waals surface area contributed by atoms with Gasteiger partial charge in [-0.05, 0) is 25.7 Å².